The Labute approximate surface area is 100 Å². The average molecular weight is 234 g/mol. The summed E-state index contributed by atoms with van der Waals surface area (Å²) in [6.07, 6.45) is -0.532. The van der Waals surface area contributed by atoms with Crippen molar-refractivity contribution in [2.75, 3.05) is 6.54 Å². The summed E-state index contributed by atoms with van der Waals surface area (Å²) in [6.45, 7) is 6.73. The molecule has 5 heteroatoms. The van der Waals surface area contributed by atoms with E-state index in [1.165, 1.54) is 0 Å². The van der Waals surface area contributed by atoms with E-state index in [4.69, 9.17) is 0 Å². The molecule has 0 radical (unpaired) electrons. The van der Waals surface area contributed by atoms with Crippen molar-refractivity contribution < 1.29 is 5.11 Å². The molecule has 0 aliphatic carbocycles. The standard InChI is InChI=1S/C12H18N4O/c1-12(2,3)13-7-11(17)8-4-5-9-10(6-8)15-16-14-9/h4-6,11,13,17H,7H2,1-3H3,(H,14,15,16)/t11-/m0/s1. The second-order valence-corrected chi connectivity index (χ2v) is 5.22. The lowest BCUT2D eigenvalue weighted by Crippen LogP contribution is -2.38. The molecule has 0 spiro atoms. The van der Waals surface area contributed by atoms with Crippen LogP contribution in [0, 0.1) is 0 Å². The Bertz CT molecular complexity index is 500. The molecule has 2 aromatic rings. The van der Waals surface area contributed by atoms with Crippen LogP contribution in [0.4, 0.5) is 0 Å². The number of β-amino-alcohol motifs (C(OH)–C–C–N with tert-alkyl or cyclic N) is 1. The number of hydrogen-bond acceptors (Lipinski definition) is 4. The van der Waals surface area contributed by atoms with Gasteiger partial charge in [0, 0.05) is 12.1 Å². The molecule has 0 aliphatic heterocycles. The molecule has 0 aliphatic rings. The molecule has 1 aromatic carbocycles. The Balaban J connectivity index is 2.10. The zero-order chi connectivity index (χ0) is 12.5. The van der Waals surface area contributed by atoms with Crippen LogP contribution in [-0.4, -0.2) is 32.6 Å². The monoisotopic (exact) mass is 234 g/mol. The van der Waals surface area contributed by atoms with Gasteiger partial charge < -0.3 is 10.4 Å². The summed E-state index contributed by atoms with van der Waals surface area (Å²) in [4.78, 5) is 0. The molecule has 1 aromatic heterocycles. The van der Waals surface area contributed by atoms with Crippen LogP contribution in [0.3, 0.4) is 0 Å². The second kappa shape index (κ2) is 4.43. The minimum atomic E-state index is -0.532. The fourth-order valence-electron chi connectivity index (χ4n) is 1.59. The average Bonchev–Trinajstić information content (AvgIpc) is 2.71. The van der Waals surface area contributed by atoms with E-state index in [0.29, 0.717) is 6.54 Å². The summed E-state index contributed by atoms with van der Waals surface area (Å²) >= 11 is 0. The number of H-pyrrole nitrogens is 1. The van der Waals surface area contributed by atoms with E-state index in [1.54, 1.807) is 0 Å². The topological polar surface area (TPSA) is 73.8 Å². The Morgan fingerprint density at radius 2 is 2.00 bits per heavy atom. The van der Waals surface area contributed by atoms with Crippen molar-refractivity contribution in [1.29, 1.82) is 0 Å². The van der Waals surface area contributed by atoms with Crippen molar-refractivity contribution in [3.63, 3.8) is 0 Å². The molecule has 0 unspecified atom stereocenters. The maximum Gasteiger partial charge on any atom is 0.113 e. The molecule has 1 heterocycles. The third kappa shape index (κ3) is 3.01. The van der Waals surface area contributed by atoms with Crippen molar-refractivity contribution in [3.8, 4) is 0 Å². The number of nitrogens with one attached hydrogen (secondary N) is 2. The van der Waals surface area contributed by atoms with Crippen molar-refractivity contribution in [2.24, 2.45) is 0 Å². The molecule has 92 valence electrons. The molecule has 1 atom stereocenters. The zero-order valence-corrected chi connectivity index (χ0v) is 10.4. The van der Waals surface area contributed by atoms with Crippen LogP contribution in [0.15, 0.2) is 18.2 Å². The number of benzene rings is 1. The molecular weight excluding hydrogens is 216 g/mol. The van der Waals surface area contributed by atoms with Crippen molar-refractivity contribution >= 4 is 11.0 Å². The number of hydrogen-bond donors (Lipinski definition) is 3. The molecule has 3 N–H and O–H groups in total. The molecule has 5 nitrogen and oxygen atoms in total. The lowest BCUT2D eigenvalue weighted by Gasteiger charge is -2.23. The Kier molecular flexibility index (Phi) is 3.13. The summed E-state index contributed by atoms with van der Waals surface area (Å²) in [6, 6.07) is 5.59. The summed E-state index contributed by atoms with van der Waals surface area (Å²) in [5, 5.41) is 23.9. The second-order valence-electron chi connectivity index (χ2n) is 5.22. The van der Waals surface area contributed by atoms with Gasteiger partial charge in [-0.15, -0.1) is 0 Å². The zero-order valence-electron chi connectivity index (χ0n) is 10.4. The van der Waals surface area contributed by atoms with Crippen LogP contribution in [0.2, 0.25) is 0 Å². The van der Waals surface area contributed by atoms with Crippen LogP contribution in [0.25, 0.3) is 11.0 Å². The highest BCUT2D eigenvalue weighted by molar-refractivity contribution is 5.74. The molecule has 0 saturated heterocycles. The Hall–Kier alpha value is -1.46. The molecule has 0 fully saturated rings. The first-order valence-electron chi connectivity index (χ1n) is 5.69. The van der Waals surface area contributed by atoms with Crippen molar-refractivity contribution in [2.45, 2.75) is 32.4 Å². The number of aliphatic hydroxyl groups is 1. The molecule has 0 saturated carbocycles. The van der Waals surface area contributed by atoms with E-state index in [2.05, 4.69) is 41.5 Å². The minimum absolute atomic E-state index is 0.00102. The quantitative estimate of drug-likeness (QED) is 0.750. The van der Waals surface area contributed by atoms with Crippen LogP contribution in [-0.2, 0) is 0 Å². The van der Waals surface area contributed by atoms with Gasteiger partial charge in [-0.05, 0) is 38.5 Å². The number of aliphatic hydroxyl groups excluding tert-OH is 1. The molecule has 0 bridgehead atoms. The predicted octanol–water partition coefficient (Wildman–Crippen LogP) is 1.38. The van der Waals surface area contributed by atoms with Gasteiger partial charge in [0.15, 0.2) is 0 Å². The van der Waals surface area contributed by atoms with E-state index in [0.717, 1.165) is 16.6 Å². The van der Waals surface area contributed by atoms with Gasteiger partial charge in [0.1, 0.15) is 11.0 Å². The highest BCUT2D eigenvalue weighted by atomic mass is 16.3. The summed E-state index contributed by atoms with van der Waals surface area (Å²) < 4.78 is 0. The number of aromatic nitrogens is 3. The van der Waals surface area contributed by atoms with E-state index in [1.807, 2.05) is 18.2 Å². The lowest BCUT2D eigenvalue weighted by atomic mass is 10.1. The van der Waals surface area contributed by atoms with Crippen LogP contribution in [0.5, 0.6) is 0 Å². The highest BCUT2D eigenvalue weighted by Crippen LogP contribution is 2.17. The number of nitrogens with zero attached hydrogens (tertiary/aromatic N) is 2. The van der Waals surface area contributed by atoms with E-state index in [9.17, 15) is 5.11 Å². The lowest BCUT2D eigenvalue weighted by molar-refractivity contribution is 0.163. The van der Waals surface area contributed by atoms with Crippen LogP contribution in [0.1, 0.15) is 32.4 Å². The highest BCUT2D eigenvalue weighted by Gasteiger charge is 2.14. The van der Waals surface area contributed by atoms with Crippen molar-refractivity contribution in [1.82, 2.24) is 20.7 Å². The first-order chi connectivity index (χ1) is 7.96. The van der Waals surface area contributed by atoms with Crippen molar-refractivity contribution in [3.05, 3.63) is 23.8 Å². The third-order valence-corrected chi connectivity index (χ3v) is 2.55. The van der Waals surface area contributed by atoms with E-state index >= 15 is 0 Å². The maximum atomic E-state index is 10.1. The number of aromatic amines is 1. The number of fused-ring (bicyclic) bond motifs is 1. The van der Waals surface area contributed by atoms with Gasteiger partial charge in [-0.1, -0.05) is 6.07 Å². The van der Waals surface area contributed by atoms with E-state index in [-0.39, 0.29) is 5.54 Å². The van der Waals surface area contributed by atoms with Gasteiger partial charge in [0.25, 0.3) is 0 Å². The molecule has 17 heavy (non-hydrogen) atoms. The Morgan fingerprint density at radius 3 is 2.71 bits per heavy atom. The normalized spacial score (nSPS) is 14.1. The first kappa shape index (κ1) is 12.0. The Morgan fingerprint density at radius 1 is 1.29 bits per heavy atom. The van der Waals surface area contributed by atoms with Gasteiger partial charge >= 0.3 is 0 Å². The molecule has 0 amide bonds. The van der Waals surface area contributed by atoms with Gasteiger partial charge in [0.05, 0.1) is 6.10 Å². The summed E-state index contributed by atoms with van der Waals surface area (Å²) in [5.74, 6) is 0. The smallest absolute Gasteiger partial charge is 0.113 e. The molecular formula is C12H18N4O. The summed E-state index contributed by atoms with van der Waals surface area (Å²) in [7, 11) is 0. The van der Waals surface area contributed by atoms with Crippen LogP contribution < -0.4 is 5.32 Å². The molecule has 2 rings (SSSR count). The van der Waals surface area contributed by atoms with Gasteiger partial charge in [-0.2, -0.15) is 15.4 Å². The first-order valence-corrected chi connectivity index (χ1v) is 5.69. The fraction of sp³-hybridized carbons (Fsp3) is 0.500. The van der Waals surface area contributed by atoms with Gasteiger partial charge in [0.2, 0.25) is 0 Å². The number of rotatable bonds is 3. The van der Waals surface area contributed by atoms with E-state index < -0.39 is 6.10 Å². The largest absolute Gasteiger partial charge is 0.387 e. The SMILES string of the molecule is CC(C)(C)NC[C@H](O)c1ccc2n[nH]nc2c1. The van der Waals surface area contributed by atoms with Gasteiger partial charge in [-0.25, -0.2) is 0 Å². The predicted molar refractivity (Wildman–Crippen MR) is 66.6 cm³/mol. The minimum Gasteiger partial charge on any atom is -0.387 e. The van der Waals surface area contributed by atoms with Gasteiger partial charge in [-0.3, -0.25) is 0 Å². The third-order valence-electron chi connectivity index (χ3n) is 2.55. The fourth-order valence-corrected chi connectivity index (χ4v) is 1.59. The maximum absolute atomic E-state index is 10.1. The summed E-state index contributed by atoms with van der Waals surface area (Å²) in [5.41, 5.74) is 2.43. The van der Waals surface area contributed by atoms with Crippen LogP contribution >= 0.6 is 0 Å².